The molecule has 0 aliphatic carbocycles. The second-order valence-electron chi connectivity index (χ2n) is 5.71. The molecule has 0 N–H and O–H groups in total. The predicted molar refractivity (Wildman–Crippen MR) is 91.1 cm³/mol. The zero-order chi connectivity index (χ0) is 16.4. The molecule has 6 heteroatoms. The smallest absolute Gasteiger partial charge is 0.289 e. The monoisotopic (exact) mass is 352 g/mol. The first-order valence-corrected chi connectivity index (χ1v) is 8.30. The zero-order valence-corrected chi connectivity index (χ0v) is 14.4. The Morgan fingerprint density at radius 2 is 1.91 bits per heavy atom. The highest BCUT2D eigenvalue weighted by molar-refractivity contribution is 6.42. The van der Waals surface area contributed by atoms with Gasteiger partial charge in [-0.05, 0) is 24.6 Å². The summed E-state index contributed by atoms with van der Waals surface area (Å²) in [5.41, 5.74) is 1.89. The van der Waals surface area contributed by atoms with E-state index in [-0.39, 0.29) is 5.91 Å². The van der Waals surface area contributed by atoms with Crippen molar-refractivity contribution in [1.29, 1.82) is 0 Å². The van der Waals surface area contributed by atoms with E-state index >= 15 is 0 Å². The van der Waals surface area contributed by atoms with Gasteiger partial charge in [-0.3, -0.25) is 9.69 Å². The standard InChI is InChI=1S/C17H18Cl2N2O2/c1-12-5-10-23-16(12)17(22)21-8-6-20(7-9-21)11-13-3-2-4-14(18)15(13)19/h2-5,10H,6-9,11H2,1H3. The van der Waals surface area contributed by atoms with Crippen LogP contribution in [0.2, 0.25) is 10.0 Å². The minimum atomic E-state index is -0.0343. The number of carbonyl (C=O) groups excluding carboxylic acids is 1. The van der Waals surface area contributed by atoms with Gasteiger partial charge in [-0.15, -0.1) is 0 Å². The van der Waals surface area contributed by atoms with Gasteiger partial charge in [0, 0.05) is 38.3 Å². The maximum Gasteiger partial charge on any atom is 0.289 e. The first-order chi connectivity index (χ1) is 11.1. The molecule has 1 amide bonds. The lowest BCUT2D eigenvalue weighted by atomic mass is 10.2. The highest BCUT2D eigenvalue weighted by Crippen LogP contribution is 2.26. The molecule has 4 nitrogen and oxygen atoms in total. The van der Waals surface area contributed by atoms with E-state index in [1.807, 2.05) is 30.0 Å². The Balaban J connectivity index is 1.59. The minimum Gasteiger partial charge on any atom is -0.459 e. The van der Waals surface area contributed by atoms with Gasteiger partial charge in [0.05, 0.1) is 16.3 Å². The van der Waals surface area contributed by atoms with E-state index in [0.717, 1.165) is 30.8 Å². The van der Waals surface area contributed by atoms with E-state index in [1.165, 1.54) is 0 Å². The Labute approximate surface area is 145 Å². The van der Waals surface area contributed by atoms with Gasteiger partial charge in [0.1, 0.15) is 0 Å². The number of nitrogens with zero attached hydrogens (tertiary/aromatic N) is 2. The zero-order valence-electron chi connectivity index (χ0n) is 12.9. The van der Waals surface area contributed by atoms with Crippen LogP contribution in [0.1, 0.15) is 21.7 Å². The van der Waals surface area contributed by atoms with Crippen molar-refractivity contribution in [2.75, 3.05) is 26.2 Å². The third-order valence-corrected chi connectivity index (χ3v) is 5.00. The molecule has 1 aromatic heterocycles. The summed E-state index contributed by atoms with van der Waals surface area (Å²) < 4.78 is 5.29. The van der Waals surface area contributed by atoms with Gasteiger partial charge in [0.2, 0.25) is 0 Å². The normalized spacial score (nSPS) is 15.9. The van der Waals surface area contributed by atoms with Crippen molar-refractivity contribution in [2.45, 2.75) is 13.5 Å². The maximum absolute atomic E-state index is 12.4. The Morgan fingerprint density at radius 1 is 1.17 bits per heavy atom. The van der Waals surface area contributed by atoms with E-state index in [4.69, 9.17) is 27.6 Å². The lowest BCUT2D eigenvalue weighted by molar-refractivity contribution is 0.0597. The molecule has 1 aliphatic rings. The fourth-order valence-electron chi connectivity index (χ4n) is 2.76. The van der Waals surface area contributed by atoms with Gasteiger partial charge in [-0.25, -0.2) is 0 Å². The van der Waals surface area contributed by atoms with Gasteiger partial charge in [0.25, 0.3) is 5.91 Å². The van der Waals surface area contributed by atoms with Crippen LogP contribution in [0.5, 0.6) is 0 Å². The van der Waals surface area contributed by atoms with Crippen LogP contribution in [0.4, 0.5) is 0 Å². The highest BCUT2D eigenvalue weighted by atomic mass is 35.5. The molecule has 2 aromatic rings. The van der Waals surface area contributed by atoms with Crippen molar-refractivity contribution in [3.05, 3.63) is 57.5 Å². The van der Waals surface area contributed by atoms with Gasteiger partial charge in [-0.1, -0.05) is 35.3 Å². The molecule has 1 fully saturated rings. The molecule has 0 bridgehead atoms. The van der Waals surface area contributed by atoms with Crippen LogP contribution in [0.3, 0.4) is 0 Å². The summed E-state index contributed by atoms with van der Waals surface area (Å²) in [5.74, 6) is 0.407. The lowest BCUT2D eigenvalue weighted by Crippen LogP contribution is -2.48. The minimum absolute atomic E-state index is 0.0343. The van der Waals surface area contributed by atoms with Crippen LogP contribution in [-0.4, -0.2) is 41.9 Å². The number of halogens is 2. The van der Waals surface area contributed by atoms with Crippen LogP contribution in [-0.2, 0) is 6.54 Å². The van der Waals surface area contributed by atoms with Gasteiger partial charge < -0.3 is 9.32 Å². The molecule has 1 saturated heterocycles. The number of rotatable bonds is 3. The molecular weight excluding hydrogens is 335 g/mol. The summed E-state index contributed by atoms with van der Waals surface area (Å²) in [5, 5.41) is 1.19. The molecule has 0 radical (unpaired) electrons. The fourth-order valence-corrected chi connectivity index (χ4v) is 3.14. The van der Waals surface area contributed by atoms with Crippen LogP contribution in [0, 0.1) is 6.92 Å². The first kappa shape index (κ1) is 16.4. The van der Waals surface area contributed by atoms with E-state index in [9.17, 15) is 4.79 Å². The van der Waals surface area contributed by atoms with Crippen molar-refractivity contribution < 1.29 is 9.21 Å². The Bertz CT molecular complexity index is 706. The first-order valence-electron chi connectivity index (χ1n) is 7.55. The largest absolute Gasteiger partial charge is 0.459 e. The second kappa shape index (κ2) is 6.95. The number of benzene rings is 1. The summed E-state index contributed by atoms with van der Waals surface area (Å²) >= 11 is 12.3. The van der Waals surface area contributed by atoms with Crippen molar-refractivity contribution >= 4 is 29.1 Å². The van der Waals surface area contributed by atoms with Crippen LogP contribution in [0.25, 0.3) is 0 Å². The van der Waals surface area contributed by atoms with Crippen molar-refractivity contribution in [3.63, 3.8) is 0 Å². The molecular formula is C17H18Cl2N2O2. The molecule has 0 saturated carbocycles. The van der Waals surface area contributed by atoms with Crippen LogP contribution >= 0.6 is 23.2 Å². The average Bonchev–Trinajstić information content (AvgIpc) is 2.98. The summed E-state index contributed by atoms with van der Waals surface area (Å²) in [6.45, 7) is 5.58. The highest BCUT2D eigenvalue weighted by Gasteiger charge is 2.25. The topological polar surface area (TPSA) is 36.7 Å². The summed E-state index contributed by atoms with van der Waals surface area (Å²) in [6, 6.07) is 7.49. The summed E-state index contributed by atoms with van der Waals surface area (Å²) in [4.78, 5) is 16.5. The molecule has 2 heterocycles. The van der Waals surface area contributed by atoms with Crippen molar-refractivity contribution in [3.8, 4) is 0 Å². The number of furan rings is 1. The number of hydrogen-bond donors (Lipinski definition) is 0. The van der Waals surface area contributed by atoms with E-state index < -0.39 is 0 Å². The molecule has 122 valence electrons. The summed E-state index contributed by atoms with van der Waals surface area (Å²) in [7, 11) is 0. The number of piperazine rings is 1. The molecule has 1 aromatic carbocycles. The predicted octanol–water partition coefficient (Wildman–Crippen LogP) is 3.85. The molecule has 0 atom stereocenters. The van der Waals surface area contributed by atoms with Crippen molar-refractivity contribution in [1.82, 2.24) is 9.80 Å². The summed E-state index contributed by atoms with van der Waals surface area (Å²) in [6.07, 6.45) is 1.56. The molecule has 0 unspecified atom stereocenters. The third kappa shape index (κ3) is 3.55. The lowest BCUT2D eigenvalue weighted by Gasteiger charge is -2.34. The second-order valence-corrected chi connectivity index (χ2v) is 6.50. The quantitative estimate of drug-likeness (QED) is 0.841. The van der Waals surface area contributed by atoms with E-state index in [2.05, 4.69) is 4.90 Å². The average molecular weight is 353 g/mol. The van der Waals surface area contributed by atoms with E-state index in [0.29, 0.717) is 28.9 Å². The maximum atomic E-state index is 12.4. The third-order valence-electron chi connectivity index (χ3n) is 4.14. The Morgan fingerprint density at radius 3 is 2.57 bits per heavy atom. The van der Waals surface area contributed by atoms with Crippen LogP contribution in [0.15, 0.2) is 34.9 Å². The molecule has 1 aliphatic heterocycles. The fraction of sp³-hybridized carbons (Fsp3) is 0.353. The Hall–Kier alpha value is -1.49. The van der Waals surface area contributed by atoms with Gasteiger partial charge in [-0.2, -0.15) is 0 Å². The SMILES string of the molecule is Cc1ccoc1C(=O)N1CCN(Cc2cccc(Cl)c2Cl)CC1. The Kier molecular flexibility index (Phi) is 4.95. The molecule has 0 spiro atoms. The van der Waals surface area contributed by atoms with Crippen LogP contribution < -0.4 is 0 Å². The number of carbonyl (C=O) groups is 1. The van der Waals surface area contributed by atoms with Gasteiger partial charge >= 0.3 is 0 Å². The molecule has 23 heavy (non-hydrogen) atoms. The van der Waals surface area contributed by atoms with Gasteiger partial charge in [0.15, 0.2) is 5.76 Å². The number of aryl methyl sites for hydroxylation is 1. The van der Waals surface area contributed by atoms with E-state index in [1.54, 1.807) is 12.3 Å². The van der Waals surface area contributed by atoms with Crippen molar-refractivity contribution in [2.24, 2.45) is 0 Å². The number of hydrogen-bond acceptors (Lipinski definition) is 3. The molecule has 3 rings (SSSR count). The number of amides is 1.